The summed E-state index contributed by atoms with van der Waals surface area (Å²) < 4.78 is 10.8. The van der Waals surface area contributed by atoms with E-state index in [1.807, 2.05) is 9.80 Å². The Morgan fingerprint density at radius 3 is 2.67 bits per heavy atom. The van der Waals surface area contributed by atoms with Gasteiger partial charge in [-0.1, -0.05) is 24.3 Å². The molecule has 2 fully saturated rings. The number of nitrogens with zero attached hydrogens (tertiary/aromatic N) is 2. The smallest absolute Gasteiger partial charge is 0.246 e. The number of hydrogen-bond donors (Lipinski definition) is 0. The maximum Gasteiger partial charge on any atom is 0.246 e. The molecule has 2 amide bonds. The van der Waals surface area contributed by atoms with Gasteiger partial charge in [-0.25, -0.2) is 0 Å². The van der Waals surface area contributed by atoms with Crippen LogP contribution >= 0.6 is 11.8 Å². The number of methoxy groups -OCH3 is 2. The molecule has 0 aromatic heterocycles. The highest BCUT2D eigenvalue weighted by atomic mass is 32.2. The van der Waals surface area contributed by atoms with Crippen molar-refractivity contribution in [2.45, 2.75) is 56.9 Å². The Kier molecular flexibility index (Phi) is 7.01. The molecular weight excluding hydrogens is 400 g/mol. The van der Waals surface area contributed by atoms with Crippen molar-refractivity contribution in [3.63, 3.8) is 0 Å². The van der Waals surface area contributed by atoms with Gasteiger partial charge in [0.05, 0.1) is 11.9 Å². The molecule has 0 unspecified atom stereocenters. The van der Waals surface area contributed by atoms with Crippen molar-refractivity contribution in [3.8, 4) is 0 Å². The summed E-state index contributed by atoms with van der Waals surface area (Å²) in [5.41, 5.74) is 2.79. The van der Waals surface area contributed by atoms with Crippen LogP contribution in [0.15, 0.2) is 24.3 Å². The Hall–Kier alpha value is -1.57. The third-order valence-corrected chi connectivity index (χ3v) is 7.79. The number of carbonyl (C=O) groups is 2. The second kappa shape index (κ2) is 9.71. The molecule has 2 heterocycles. The molecule has 0 N–H and O–H groups in total. The van der Waals surface area contributed by atoms with Gasteiger partial charge in [0.2, 0.25) is 11.8 Å². The van der Waals surface area contributed by atoms with Crippen LogP contribution in [0, 0.1) is 5.92 Å². The van der Waals surface area contributed by atoms with Gasteiger partial charge in [-0.15, -0.1) is 11.8 Å². The maximum atomic E-state index is 13.4. The standard InChI is InChI=1S/C23H32N2O4S/c1-28-23(29-2)20-14-30-15-25(20)22(27)19-8-5-11-24(19)21(26)13-16-9-10-17-6-3-4-7-18(17)12-16/h3-4,6-7,16,19-20,23H,5,8-15H2,1-2H3/t16-,19+,20+/m1/s1. The third-order valence-electron chi connectivity index (χ3n) is 6.75. The fraction of sp³-hybridized carbons (Fsp3) is 0.652. The van der Waals surface area contributed by atoms with Crippen LogP contribution < -0.4 is 0 Å². The van der Waals surface area contributed by atoms with E-state index in [0.717, 1.165) is 37.9 Å². The number of carbonyl (C=O) groups excluding carboxylic acids is 2. The van der Waals surface area contributed by atoms with Crippen molar-refractivity contribution >= 4 is 23.6 Å². The topological polar surface area (TPSA) is 59.1 Å². The molecule has 2 aliphatic heterocycles. The van der Waals surface area contributed by atoms with E-state index in [1.165, 1.54) is 11.1 Å². The molecule has 30 heavy (non-hydrogen) atoms. The Morgan fingerprint density at radius 1 is 1.13 bits per heavy atom. The maximum absolute atomic E-state index is 13.4. The number of hydrogen-bond acceptors (Lipinski definition) is 5. The minimum absolute atomic E-state index is 0.0453. The predicted molar refractivity (Wildman–Crippen MR) is 117 cm³/mol. The number of likely N-dealkylation sites (tertiary alicyclic amines) is 1. The van der Waals surface area contributed by atoms with Gasteiger partial charge >= 0.3 is 0 Å². The van der Waals surface area contributed by atoms with Crippen LogP contribution in [-0.4, -0.2) is 72.4 Å². The van der Waals surface area contributed by atoms with E-state index in [-0.39, 0.29) is 23.9 Å². The highest BCUT2D eigenvalue weighted by molar-refractivity contribution is 7.99. The molecule has 164 valence electrons. The SMILES string of the molecule is COC(OC)[C@@H]1CSCN1C(=O)[C@@H]1CCCN1C(=O)C[C@@H]1CCc2ccccc2C1. The molecule has 7 heteroatoms. The zero-order chi connectivity index (χ0) is 21.1. The first-order valence-corrected chi connectivity index (χ1v) is 12.1. The minimum Gasteiger partial charge on any atom is -0.354 e. The average molecular weight is 433 g/mol. The molecule has 0 bridgehead atoms. The minimum atomic E-state index is -0.434. The molecule has 1 aliphatic carbocycles. The third kappa shape index (κ3) is 4.39. The fourth-order valence-corrected chi connectivity index (χ4v) is 6.34. The Morgan fingerprint density at radius 2 is 1.90 bits per heavy atom. The molecule has 1 aromatic carbocycles. The zero-order valence-electron chi connectivity index (χ0n) is 17.9. The monoisotopic (exact) mass is 432 g/mol. The van der Waals surface area contributed by atoms with Crippen LogP contribution in [0.1, 0.15) is 36.8 Å². The number of benzene rings is 1. The second-order valence-corrected chi connectivity index (χ2v) is 9.54. The number of amides is 2. The second-order valence-electron chi connectivity index (χ2n) is 8.54. The van der Waals surface area contributed by atoms with E-state index in [0.29, 0.717) is 24.8 Å². The van der Waals surface area contributed by atoms with Crippen molar-refractivity contribution in [2.75, 3.05) is 32.4 Å². The van der Waals surface area contributed by atoms with E-state index in [4.69, 9.17) is 9.47 Å². The zero-order valence-corrected chi connectivity index (χ0v) is 18.7. The Labute approximate surface area is 183 Å². The normalized spacial score (nSPS) is 26.3. The van der Waals surface area contributed by atoms with Gasteiger partial charge in [0.25, 0.3) is 0 Å². The van der Waals surface area contributed by atoms with E-state index in [9.17, 15) is 9.59 Å². The van der Waals surface area contributed by atoms with Gasteiger partial charge in [-0.2, -0.15) is 0 Å². The van der Waals surface area contributed by atoms with Crippen LogP contribution in [0.2, 0.25) is 0 Å². The lowest BCUT2D eigenvalue weighted by atomic mass is 9.82. The lowest BCUT2D eigenvalue weighted by molar-refractivity contribution is -0.160. The molecule has 0 saturated carbocycles. The molecule has 6 nitrogen and oxygen atoms in total. The van der Waals surface area contributed by atoms with Gasteiger partial charge in [0.15, 0.2) is 6.29 Å². The Bertz CT molecular complexity index is 769. The molecule has 2 saturated heterocycles. The van der Waals surface area contributed by atoms with Crippen LogP contribution in [0.25, 0.3) is 0 Å². The van der Waals surface area contributed by atoms with Crippen molar-refractivity contribution in [3.05, 3.63) is 35.4 Å². The van der Waals surface area contributed by atoms with Crippen molar-refractivity contribution in [1.29, 1.82) is 0 Å². The summed E-state index contributed by atoms with van der Waals surface area (Å²) in [5.74, 6) is 1.97. The quantitative estimate of drug-likeness (QED) is 0.647. The van der Waals surface area contributed by atoms with Gasteiger partial charge in [0, 0.05) is 32.9 Å². The van der Waals surface area contributed by atoms with Crippen molar-refractivity contribution in [2.24, 2.45) is 5.92 Å². The number of aryl methyl sites for hydroxylation is 1. The lowest BCUT2D eigenvalue weighted by Gasteiger charge is -2.34. The fourth-order valence-electron chi connectivity index (χ4n) is 5.15. The van der Waals surface area contributed by atoms with E-state index in [2.05, 4.69) is 24.3 Å². The predicted octanol–water partition coefficient (Wildman–Crippen LogP) is 2.69. The largest absolute Gasteiger partial charge is 0.354 e. The van der Waals surface area contributed by atoms with Crippen LogP contribution in [0.3, 0.4) is 0 Å². The van der Waals surface area contributed by atoms with Gasteiger partial charge in [-0.3, -0.25) is 9.59 Å². The highest BCUT2D eigenvalue weighted by Crippen LogP contribution is 2.31. The summed E-state index contributed by atoms with van der Waals surface area (Å²) in [6, 6.07) is 8.10. The summed E-state index contributed by atoms with van der Waals surface area (Å²) in [5, 5.41) is 0. The molecular formula is C23H32N2O4S. The van der Waals surface area contributed by atoms with Crippen LogP contribution in [0.5, 0.6) is 0 Å². The number of rotatable bonds is 6. The summed E-state index contributed by atoms with van der Waals surface area (Å²) in [6.45, 7) is 0.683. The molecule has 1 aromatic rings. The van der Waals surface area contributed by atoms with Crippen LogP contribution in [0.4, 0.5) is 0 Å². The first kappa shape index (κ1) is 21.7. The number of fused-ring (bicyclic) bond motifs is 1. The summed E-state index contributed by atoms with van der Waals surface area (Å²) >= 11 is 1.71. The Balaban J connectivity index is 1.39. The molecule has 0 spiro atoms. The van der Waals surface area contributed by atoms with Crippen molar-refractivity contribution in [1.82, 2.24) is 9.80 Å². The molecule has 4 rings (SSSR count). The van der Waals surface area contributed by atoms with Gasteiger partial charge in [-0.05, 0) is 49.1 Å². The summed E-state index contributed by atoms with van der Waals surface area (Å²) in [4.78, 5) is 30.3. The lowest BCUT2D eigenvalue weighted by Crippen LogP contribution is -2.53. The molecule has 3 aliphatic rings. The molecule has 0 radical (unpaired) electrons. The van der Waals surface area contributed by atoms with Crippen molar-refractivity contribution < 1.29 is 19.1 Å². The average Bonchev–Trinajstić information content (AvgIpc) is 3.44. The van der Waals surface area contributed by atoms with E-state index in [1.54, 1.807) is 26.0 Å². The summed E-state index contributed by atoms with van der Waals surface area (Å²) in [7, 11) is 3.21. The van der Waals surface area contributed by atoms with Gasteiger partial charge in [0.1, 0.15) is 6.04 Å². The summed E-state index contributed by atoms with van der Waals surface area (Å²) in [6.07, 6.45) is 4.78. The van der Waals surface area contributed by atoms with E-state index < -0.39 is 6.29 Å². The number of ether oxygens (including phenoxy) is 2. The van der Waals surface area contributed by atoms with E-state index >= 15 is 0 Å². The first-order chi connectivity index (χ1) is 14.6. The first-order valence-electron chi connectivity index (χ1n) is 10.9. The van der Waals surface area contributed by atoms with Gasteiger partial charge < -0.3 is 19.3 Å². The highest BCUT2D eigenvalue weighted by Gasteiger charge is 2.43. The van der Waals surface area contributed by atoms with Crippen LogP contribution in [-0.2, 0) is 31.9 Å². The number of thioether (sulfide) groups is 1. The molecule has 3 atom stereocenters.